The number of amides is 1. The molecule has 126 valence electrons. The van der Waals surface area contributed by atoms with Crippen LogP contribution in [0.2, 0.25) is 0 Å². The summed E-state index contributed by atoms with van der Waals surface area (Å²) in [6.07, 6.45) is 0. The predicted molar refractivity (Wildman–Crippen MR) is 87.1 cm³/mol. The molecule has 0 spiro atoms. The first-order chi connectivity index (χ1) is 11.6. The van der Waals surface area contributed by atoms with E-state index >= 15 is 0 Å². The van der Waals surface area contributed by atoms with Crippen LogP contribution >= 0.6 is 0 Å². The van der Waals surface area contributed by atoms with Crippen LogP contribution < -0.4 is 14.8 Å². The van der Waals surface area contributed by atoms with E-state index in [4.69, 9.17) is 9.47 Å². The Hall–Kier alpha value is -2.60. The Morgan fingerprint density at radius 2 is 2.00 bits per heavy atom. The molecule has 6 heteroatoms. The molecule has 3 rings (SSSR count). The number of carbonyl (C=O) groups excluding carboxylic acids is 1. The summed E-state index contributed by atoms with van der Waals surface area (Å²) in [4.78, 5) is 13.9. The molecule has 0 saturated heterocycles. The fraction of sp³-hybridized carbons (Fsp3) is 0.278. The van der Waals surface area contributed by atoms with Gasteiger partial charge < -0.3 is 14.8 Å². The summed E-state index contributed by atoms with van der Waals surface area (Å²) < 4.78 is 23.7. The summed E-state index contributed by atoms with van der Waals surface area (Å²) in [6, 6.07) is 12.0. The lowest BCUT2D eigenvalue weighted by molar-refractivity contribution is -0.122. The van der Waals surface area contributed by atoms with Gasteiger partial charge in [0.25, 0.3) is 0 Å². The second kappa shape index (κ2) is 7.31. The molecule has 0 aromatic heterocycles. The summed E-state index contributed by atoms with van der Waals surface area (Å²) in [5.41, 5.74) is 1.78. The van der Waals surface area contributed by atoms with Crippen molar-refractivity contribution in [2.75, 3.05) is 20.4 Å². The number of rotatable bonds is 6. The van der Waals surface area contributed by atoms with Crippen molar-refractivity contribution in [3.63, 3.8) is 0 Å². The van der Waals surface area contributed by atoms with E-state index in [1.807, 2.05) is 36.2 Å². The van der Waals surface area contributed by atoms with Crippen LogP contribution in [0.15, 0.2) is 42.5 Å². The zero-order chi connectivity index (χ0) is 16.9. The Morgan fingerprint density at radius 3 is 2.83 bits per heavy atom. The minimum Gasteiger partial charge on any atom is -0.454 e. The van der Waals surface area contributed by atoms with E-state index in [9.17, 15) is 9.18 Å². The molecule has 0 atom stereocenters. The number of hydrogen-bond donors (Lipinski definition) is 1. The van der Waals surface area contributed by atoms with Crippen molar-refractivity contribution in [3.05, 3.63) is 59.4 Å². The molecule has 0 radical (unpaired) electrons. The molecule has 1 aliphatic heterocycles. The fourth-order valence-corrected chi connectivity index (χ4v) is 2.56. The van der Waals surface area contributed by atoms with E-state index in [0.29, 0.717) is 18.8 Å². The van der Waals surface area contributed by atoms with Gasteiger partial charge in [-0.2, -0.15) is 0 Å². The van der Waals surface area contributed by atoms with Crippen LogP contribution in [0.1, 0.15) is 11.1 Å². The van der Waals surface area contributed by atoms with Gasteiger partial charge in [-0.15, -0.1) is 0 Å². The predicted octanol–water partition coefficient (Wildman–Crippen LogP) is 2.30. The third-order valence-electron chi connectivity index (χ3n) is 3.68. The van der Waals surface area contributed by atoms with E-state index in [0.717, 1.165) is 16.9 Å². The number of nitrogens with one attached hydrogen (secondary N) is 1. The summed E-state index contributed by atoms with van der Waals surface area (Å²) >= 11 is 0. The lowest BCUT2D eigenvalue weighted by Gasteiger charge is -2.16. The Kier molecular flexibility index (Phi) is 4.96. The van der Waals surface area contributed by atoms with Gasteiger partial charge in [-0.3, -0.25) is 9.69 Å². The smallest absolute Gasteiger partial charge is 0.234 e. The zero-order valence-corrected chi connectivity index (χ0v) is 13.4. The summed E-state index contributed by atoms with van der Waals surface area (Å²) in [7, 11) is 1.82. The first-order valence-electron chi connectivity index (χ1n) is 7.68. The minimum atomic E-state index is -0.270. The average Bonchev–Trinajstić information content (AvgIpc) is 3.00. The normalized spacial score (nSPS) is 12.5. The molecule has 5 nitrogen and oxygen atoms in total. The van der Waals surface area contributed by atoms with E-state index in [1.165, 1.54) is 12.1 Å². The van der Waals surface area contributed by atoms with Gasteiger partial charge in [0.2, 0.25) is 12.7 Å². The van der Waals surface area contributed by atoms with Gasteiger partial charge in [-0.1, -0.05) is 18.2 Å². The molecule has 24 heavy (non-hydrogen) atoms. The Bertz CT molecular complexity index is 736. The molecule has 2 aromatic carbocycles. The van der Waals surface area contributed by atoms with Gasteiger partial charge in [0, 0.05) is 13.1 Å². The molecule has 2 aromatic rings. The van der Waals surface area contributed by atoms with E-state index in [-0.39, 0.29) is 25.1 Å². The van der Waals surface area contributed by atoms with Crippen LogP contribution in [0.5, 0.6) is 11.5 Å². The lowest BCUT2D eigenvalue weighted by atomic mass is 10.2. The molecule has 0 saturated carbocycles. The van der Waals surface area contributed by atoms with Gasteiger partial charge >= 0.3 is 0 Å². The largest absolute Gasteiger partial charge is 0.454 e. The van der Waals surface area contributed by atoms with Crippen molar-refractivity contribution in [2.24, 2.45) is 0 Å². The van der Waals surface area contributed by atoms with Gasteiger partial charge in [0.1, 0.15) is 5.82 Å². The number of ether oxygens (including phenoxy) is 2. The highest BCUT2D eigenvalue weighted by molar-refractivity contribution is 5.78. The van der Waals surface area contributed by atoms with E-state index < -0.39 is 0 Å². The third kappa shape index (κ3) is 4.23. The van der Waals surface area contributed by atoms with Crippen LogP contribution in [-0.2, 0) is 17.9 Å². The van der Waals surface area contributed by atoms with Crippen molar-refractivity contribution in [3.8, 4) is 11.5 Å². The zero-order valence-electron chi connectivity index (χ0n) is 13.4. The fourth-order valence-electron chi connectivity index (χ4n) is 2.56. The van der Waals surface area contributed by atoms with Crippen molar-refractivity contribution >= 4 is 5.91 Å². The quantitative estimate of drug-likeness (QED) is 0.883. The molecule has 1 heterocycles. The Morgan fingerprint density at radius 1 is 1.17 bits per heavy atom. The summed E-state index contributed by atoms with van der Waals surface area (Å²) in [5.74, 6) is 1.06. The maximum absolute atomic E-state index is 13.2. The SMILES string of the molecule is CN(CC(=O)NCc1ccc2c(c1)OCO2)Cc1cccc(F)c1. The lowest BCUT2D eigenvalue weighted by Crippen LogP contribution is -2.34. The van der Waals surface area contributed by atoms with Gasteiger partial charge in [0.05, 0.1) is 6.54 Å². The van der Waals surface area contributed by atoms with Gasteiger partial charge in [0.15, 0.2) is 11.5 Å². The molecule has 1 amide bonds. The standard InChI is InChI=1S/C18H19FN2O3/c1-21(10-14-3-2-4-15(19)7-14)11-18(22)20-9-13-5-6-16-17(8-13)24-12-23-16/h2-8H,9-12H2,1H3,(H,20,22). The number of likely N-dealkylation sites (N-methyl/N-ethyl adjacent to an activating group) is 1. The third-order valence-corrected chi connectivity index (χ3v) is 3.68. The number of carbonyl (C=O) groups is 1. The maximum atomic E-state index is 13.2. The molecule has 0 unspecified atom stereocenters. The van der Waals surface area contributed by atoms with Crippen molar-refractivity contribution < 1.29 is 18.7 Å². The number of nitrogens with zero attached hydrogens (tertiary/aromatic N) is 1. The maximum Gasteiger partial charge on any atom is 0.234 e. The topological polar surface area (TPSA) is 50.8 Å². The molecular weight excluding hydrogens is 311 g/mol. The summed E-state index contributed by atoms with van der Waals surface area (Å²) in [6.45, 7) is 1.40. The highest BCUT2D eigenvalue weighted by Crippen LogP contribution is 2.32. The summed E-state index contributed by atoms with van der Waals surface area (Å²) in [5, 5.41) is 2.87. The van der Waals surface area contributed by atoms with Crippen LogP contribution in [0.4, 0.5) is 4.39 Å². The monoisotopic (exact) mass is 330 g/mol. The second-order valence-corrected chi connectivity index (χ2v) is 5.77. The Balaban J connectivity index is 1.47. The number of benzene rings is 2. The highest BCUT2D eigenvalue weighted by Gasteiger charge is 2.13. The van der Waals surface area contributed by atoms with Crippen LogP contribution in [0.25, 0.3) is 0 Å². The molecule has 1 aliphatic rings. The molecule has 0 fully saturated rings. The van der Waals surface area contributed by atoms with Crippen molar-refractivity contribution in [1.82, 2.24) is 10.2 Å². The number of hydrogen-bond acceptors (Lipinski definition) is 4. The second-order valence-electron chi connectivity index (χ2n) is 5.77. The minimum absolute atomic E-state index is 0.0911. The molecule has 0 bridgehead atoms. The van der Waals surface area contributed by atoms with Crippen LogP contribution in [-0.4, -0.2) is 31.2 Å². The van der Waals surface area contributed by atoms with Gasteiger partial charge in [-0.25, -0.2) is 4.39 Å². The Labute approximate surface area is 140 Å². The first-order valence-corrected chi connectivity index (χ1v) is 7.68. The van der Waals surface area contributed by atoms with Crippen molar-refractivity contribution in [1.29, 1.82) is 0 Å². The van der Waals surface area contributed by atoms with Crippen molar-refractivity contribution in [2.45, 2.75) is 13.1 Å². The molecule has 1 N–H and O–H groups in total. The average molecular weight is 330 g/mol. The molecule has 0 aliphatic carbocycles. The number of halogens is 1. The molecular formula is C18H19FN2O3. The number of fused-ring (bicyclic) bond motifs is 1. The first kappa shape index (κ1) is 16.3. The highest BCUT2D eigenvalue weighted by atomic mass is 19.1. The van der Waals surface area contributed by atoms with E-state index in [2.05, 4.69) is 5.32 Å². The van der Waals surface area contributed by atoms with Crippen LogP contribution in [0, 0.1) is 5.82 Å². The van der Waals surface area contributed by atoms with Crippen LogP contribution in [0.3, 0.4) is 0 Å². The van der Waals surface area contributed by atoms with E-state index in [1.54, 1.807) is 6.07 Å². The van der Waals surface area contributed by atoms with Gasteiger partial charge in [-0.05, 0) is 42.4 Å².